The van der Waals surface area contributed by atoms with E-state index >= 15 is 0 Å². The molecule has 0 aliphatic rings. The first-order valence-corrected chi connectivity index (χ1v) is 6.52. The van der Waals surface area contributed by atoms with Crippen molar-refractivity contribution in [2.75, 3.05) is 24.9 Å². The topological polar surface area (TPSA) is 110 Å². The largest absolute Gasteiger partial charge is 0.462 e. The van der Waals surface area contributed by atoms with Crippen molar-refractivity contribution in [2.45, 2.75) is 19.0 Å². The lowest BCUT2D eigenvalue weighted by Crippen LogP contribution is -2.16. The summed E-state index contributed by atoms with van der Waals surface area (Å²) >= 11 is 1.36. The SMILES string of the molecule is CCO.CCOC(=O)c1cnc(SC)nc1NN. The number of ether oxygens (including phenoxy) is 1. The quantitative estimate of drug-likeness (QED) is 0.241. The van der Waals surface area contributed by atoms with Crippen LogP contribution in [0.1, 0.15) is 24.2 Å². The molecule has 0 saturated carbocycles. The number of nitrogen functional groups attached to an aromatic ring is 1. The van der Waals surface area contributed by atoms with E-state index in [1.54, 1.807) is 13.8 Å². The number of hydrogen-bond donors (Lipinski definition) is 3. The second-order valence-corrected chi connectivity index (χ2v) is 3.57. The third kappa shape index (κ3) is 5.30. The maximum atomic E-state index is 11.4. The molecular formula is C10H18N4O3S. The first-order chi connectivity index (χ1) is 8.64. The number of aliphatic hydroxyl groups excluding tert-OH is 1. The number of hydrogen-bond acceptors (Lipinski definition) is 8. The number of aromatic nitrogens is 2. The number of carbonyl (C=O) groups excluding carboxylic acids is 1. The summed E-state index contributed by atoms with van der Waals surface area (Å²) in [6, 6.07) is 0. The Kier molecular flexibility index (Phi) is 8.89. The van der Waals surface area contributed by atoms with Crippen LogP contribution in [0, 0.1) is 0 Å². The third-order valence-corrected chi connectivity index (χ3v) is 2.14. The third-order valence-electron chi connectivity index (χ3n) is 1.58. The number of hydrazine groups is 1. The molecule has 0 radical (unpaired) electrons. The maximum absolute atomic E-state index is 11.4. The molecule has 1 rings (SSSR count). The summed E-state index contributed by atoms with van der Waals surface area (Å²) in [5, 5.41) is 8.11. The maximum Gasteiger partial charge on any atom is 0.343 e. The van der Waals surface area contributed by atoms with Gasteiger partial charge in [0.15, 0.2) is 11.0 Å². The van der Waals surface area contributed by atoms with Crippen LogP contribution in [0.25, 0.3) is 0 Å². The average Bonchev–Trinajstić information content (AvgIpc) is 2.39. The number of nitrogens with zero attached hydrogens (tertiary/aromatic N) is 2. The Hall–Kier alpha value is -1.38. The van der Waals surface area contributed by atoms with Gasteiger partial charge in [-0.25, -0.2) is 20.6 Å². The van der Waals surface area contributed by atoms with E-state index in [0.717, 1.165) is 0 Å². The molecule has 4 N–H and O–H groups in total. The molecule has 0 atom stereocenters. The van der Waals surface area contributed by atoms with Crippen molar-refractivity contribution in [3.05, 3.63) is 11.8 Å². The predicted molar refractivity (Wildman–Crippen MR) is 70.3 cm³/mol. The molecule has 0 unspecified atom stereocenters. The normalized spacial score (nSPS) is 9.17. The number of carbonyl (C=O) groups is 1. The Morgan fingerprint density at radius 3 is 2.67 bits per heavy atom. The molecule has 0 aliphatic carbocycles. The van der Waals surface area contributed by atoms with Gasteiger partial charge in [-0.1, -0.05) is 11.8 Å². The van der Waals surface area contributed by atoms with Gasteiger partial charge in [0.25, 0.3) is 0 Å². The Bertz CT molecular complexity index is 376. The van der Waals surface area contributed by atoms with E-state index < -0.39 is 5.97 Å². The standard InChI is InChI=1S/C8H12N4O2S.C2H6O/c1-3-14-7(13)5-4-10-8(15-2)11-6(5)12-9;1-2-3/h4H,3,9H2,1-2H3,(H,10,11,12);3H,2H2,1H3. The molecule has 8 heteroatoms. The molecular weight excluding hydrogens is 256 g/mol. The first kappa shape index (κ1) is 16.6. The molecule has 7 nitrogen and oxygen atoms in total. The van der Waals surface area contributed by atoms with Gasteiger partial charge < -0.3 is 15.3 Å². The fourth-order valence-electron chi connectivity index (χ4n) is 0.932. The van der Waals surface area contributed by atoms with Gasteiger partial charge in [0.05, 0.1) is 6.61 Å². The zero-order valence-electron chi connectivity index (χ0n) is 10.6. The number of anilines is 1. The van der Waals surface area contributed by atoms with Gasteiger partial charge in [-0.2, -0.15) is 0 Å². The molecule has 0 aromatic carbocycles. The minimum Gasteiger partial charge on any atom is -0.462 e. The Balaban J connectivity index is 0.000000873. The van der Waals surface area contributed by atoms with Crippen molar-refractivity contribution in [1.29, 1.82) is 0 Å². The van der Waals surface area contributed by atoms with E-state index in [2.05, 4.69) is 15.4 Å². The van der Waals surface area contributed by atoms with Crippen LogP contribution in [-0.2, 0) is 4.74 Å². The van der Waals surface area contributed by atoms with Gasteiger partial charge >= 0.3 is 5.97 Å². The number of aliphatic hydroxyl groups is 1. The van der Waals surface area contributed by atoms with Crippen LogP contribution >= 0.6 is 11.8 Å². The van der Waals surface area contributed by atoms with Crippen LogP contribution in [0.15, 0.2) is 11.4 Å². The Morgan fingerprint density at radius 1 is 1.61 bits per heavy atom. The summed E-state index contributed by atoms with van der Waals surface area (Å²) in [7, 11) is 0. The van der Waals surface area contributed by atoms with Crippen molar-refractivity contribution in [2.24, 2.45) is 5.84 Å². The van der Waals surface area contributed by atoms with Gasteiger partial charge in [0.2, 0.25) is 0 Å². The average molecular weight is 274 g/mol. The molecule has 1 heterocycles. The van der Waals surface area contributed by atoms with Crippen LogP contribution in [-0.4, -0.2) is 40.5 Å². The van der Waals surface area contributed by atoms with Crippen LogP contribution in [0.5, 0.6) is 0 Å². The molecule has 1 aromatic heterocycles. The monoisotopic (exact) mass is 274 g/mol. The summed E-state index contributed by atoms with van der Waals surface area (Å²) < 4.78 is 4.82. The van der Waals surface area contributed by atoms with Gasteiger partial charge in [0.1, 0.15) is 5.56 Å². The van der Waals surface area contributed by atoms with Gasteiger partial charge in [-0.05, 0) is 20.1 Å². The summed E-state index contributed by atoms with van der Waals surface area (Å²) in [5.74, 6) is 5.03. The lowest BCUT2D eigenvalue weighted by atomic mass is 10.3. The minimum atomic E-state index is -0.488. The summed E-state index contributed by atoms with van der Waals surface area (Å²) in [5.41, 5.74) is 2.58. The van der Waals surface area contributed by atoms with Crippen LogP contribution in [0.4, 0.5) is 5.82 Å². The van der Waals surface area contributed by atoms with Gasteiger partial charge in [-0.3, -0.25) is 0 Å². The fourth-order valence-corrected chi connectivity index (χ4v) is 1.27. The number of nitrogens with two attached hydrogens (primary N) is 1. The molecule has 1 aromatic rings. The summed E-state index contributed by atoms with van der Waals surface area (Å²) in [6.07, 6.45) is 3.23. The van der Waals surface area contributed by atoms with Gasteiger partial charge in [-0.15, -0.1) is 0 Å². The highest BCUT2D eigenvalue weighted by atomic mass is 32.2. The van der Waals surface area contributed by atoms with E-state index in [9.17, 15) is 4.79 Å². The second kappa shape index (κ2) is 9.63. The molecule has 18 heavy (non-hydrogen) atoms. The zero-order chi connectivity index (χ0) is 14.0. The first-order valence-electron chi connectivity index (χ1n) is 5.30. The molecule has 102 valence electrons. The molecule has 0 amide bonds. The van der Waals surface area contributed by atoms with Crippen molar-refractivity contribution in [1.82, 2.24) is 9.97 Å². The van der Waals surface area contributed by atoms with Crippen LogP contribution < -0.4 is 11.3 Å². The highest BCUT2D eigenvalue weighted by Crippen LogP contribution is 2.16. The number of thioether (sulfide) groups is 1. The van der Waals surface area contributed by atoms with E-state index in [0.29, 0.717) is 11.8 Å². The van der Waals surface area contributed by atoms with Crippen LogP contribution in [0.3, 0.4) is 0 Å². The van der Waals surface area contributed by atoms with E-state index in [1.165, 1.54) is 18.0 Å². The molecule has 0 saturated heterocycles. The minimum absolute atomic E-state index is 0.233. The summed E-state index contributed by atoms with van der Waals surface area (Å²) in [4.78, 5) is 19.4. The van der Waals surface area contributed by atoms with E-state index in [-0.39, 0.29) is 18.0 Å². The zero-order valence-corrected chi connectivity index (χ0v) is 11.5. The smallest absolute Gasteiger partial charge is 0.343 e. The number of esters is 1. The van der Waals surface area contributed by atoms with Gasteiger partial charge in [0, 0.05) is 12.8 Å². The molecule has 0 spiro atoms. The Morgan fingerprint density at radius 2 is 2.22 bits per heavy atom. The fraction of sp³-hybridized carbons (Fsp3) is 0.500. The van der Waals surface area contributed by atoms with Crippen molar-refractivity contribution in [3.8, 4) is 0 Å². The predicted octanol–water partition coefficient (Wildman–Crippen LogP) is 0.659. The number of rotatable bonds is 4. The highest BCUT2D eigenvalue weighted by molar-refractivity contribution is 7.98. The van der Waals surface area contributed by atoms with Crippen molar-refractivity contribution in [3.63, 3.8) is 0 Å². The summed E-state index contributed by atoms with van der Waals surface area (Å²) in [6.45, 7) is 3.96. The van der Waals surface area contributed by atoms with Crippen molar-refractivity contribution < 1.29 is 14.6 Å². The Labute approximate surface area is 110 Å². The van der Waals surface area contributed by atoms with E-state index in [1.807, 2.05) is 6.26 Å². The van der Waals surface area contributed by atoms with Crippen LogP contribution in [0.2, 0.25) is 0 Å². The molecule has 0 bridgehead atoms. The molecule has 0 fully saturated rings. The molecule has 0 aliphatic heterocycles. The number of nitrogens with one attached hydrogen (secondary N) is 1. The van der Waals surface area contributed by atoms with Crippen molar-refractivity contribution >= 4 is 23.5 Å². The van der Waals surface area contributed by atoms with E-state index in [4.69, 9.17) is 15.7 Å². The highest BCUT2D eigenvalue weighted by Gasteiger charge is 2.14. The lowest BCUT2D eigenvalue weighted by molar-refractivity contribution is 0.0526. The second-order valence-electron chi connectivity index (χ2n) is 2.80. The lowest BCUT2D eigenvalue weighted by Gasteiger charge is -2.07.